The molecule has 0 fully saturated rings. The van der Waals surface area contributed by atoms with Gasteiger partial charge in [0, 0.05) is 6.20 Å². The first kappa shape index (κ1) is 11.3. The molecule has 0 bridgehead atoms. The Bertz CT molecular complexity index is 535. The fraction of sp³-hybridized carbons (Fsp3) is 0.0833. The van der Waals surface area contributed by atoms with E-state index in [0.29, 0.717) is 5.69 Å². The molecule has 3 nitrogen and oxygen atoms in total. The maximum absolute atomic E-state index is 13.4. The van der Waals surface area contributed by atoms with E-state index in [2.05, 4.69) is 10.3 Å². The number of para-hydroxylation sites is 1. The number of aromatic nitrogens is 1. The molecule has 0 aliphatic rings. The first-order valence-corrected chi connectivity index (χ1v) is 5.01. The molecule has 3 N–H and O–H groups in total. The molecule has 2 aromatic rings. The largest absolute Gasteiger partial charge is 0.396 e. The Morgan fingerprint density at radius 3 is 2.47 bits per heavy atom. The average Bonchev–Trinajstić information content (AvgIpc) is 2.26. The molecule has 17 heavy (non-hydrogen) atoms. The molecule has 0 aliphatic heterocycles. The van der Waals surface area contributed by atoms with Crippen molar-refractivity contribution in [2.45, 2.75) is 6.92 Å². The molecule has 88 valence electrons. The van der Waals surface area contributed by atoms with E-state index in [1.54, 1.807) is 12.3 Å². The number of nitrogens with zero attached hydrogens (tertiary/aromatic N) is 1. The molecule has 0 unspecified atom stereocenters. The van der Waals surface area contributed by atoms with Crippen molar-refractivity contribution in [2.75, 3.05) is 11.1 Å². The SMILES string of the molecule is Cc1cnc(Nc2c(F)cccc2F)c(N)c1. The van der Waals surface area contributed by atoms with Crippen molar-refractivity contribution >= 4 is 17.2 Å². The van der Waals surface area contributed by atoms with Gasteiger partial charge >= 0.3 is 0 Å². The lowest BCUT2D eigenvalue weighted by Crippen LogP contribution is -2.03. The maximum Gasteiger partial charge on any atom is 0.153 e. The summed E-state index contributed by atoms with van der Waals surface area (Å²) in [5.41, 5.74) is 6.66. The molecule has 0 saturated carbocycles. The Labute approximate surface area is 97.3 Å². The smallest absolute Gasteiger partial charge is 0.153 e. The van der Waals surface area contributed by atoms with Gasteiger partial charge in [-0.15, -0.1) is 0 Å². The van der Waals surface area contributed by atoms with Crippen molar-refractivity contribution in [3.63, 3.8) is 0 Å². The molecule has 1 aromatic heterocycles. The van der Waals surface area contributed by atoms with Gasteiger partial charge in [0.25, 0.3) is 0 Å². The number of anilines is 3. The van der Waals surface area contributed by atoms with Crippen LogP contribution >= 0.6 is 0 Å². The molecule has 0 aliphatic carbocycles. The lowest BCUT2D eigenvalue weighted by molar-refractivity contribution is 0.590. The van der Waals surface area contributed by atoms with E-state index in [-0.39, 0.29) is 11.5 Å². The van der Waals surface area contributed by atoms with Gasteiger partial charge in [0.15, 0.2) is 5.82 Å². The summed E-state index contributed by atoms with van der Waals surface area (Å²) < 4.78 is 26.8. The van der Waals surface area contributed by atoms with Crippen LogP contribution in [0.2, 0.25) is 0 Å². The van der Waals surface area contributed by atoms with Crippen LogP contribution in [0.25, 0.3) is 0 Å². The van der Waals surface area contributed by atoms with Crippen LogP contribution in [0.3, 0.4) is 0 Å². The number of rotatable bonds is 2. The van der Waals surface area contributed by atoms with Gasteiger partial charge in [-0.1, -0.05) is 6.07 Å². The van der Waals surface area contributed by atoms with Gasteiger partial charge in [0.05, 0.1) is 5.69 Å². The zero-order chi connectivity index (χ0) is 12.4. The Hall–Kier alpha value is -2.17. The second kappa shape index (κ2) is 4.37. The van der Waals surface area contributed by atoms with Crippen LogP contribution in [0.1, 0.15) is 5.56 Å². The molecule has 1 aromatic carbocycles. The summed E-state index contributed by atoms with van der Waals surface area (Å²) in [4.78, 5) is 3.99. The molecule has 0 atom stereocenters. The predicted molar refractivity (Wildman–Crippen MR) is 63.0 cm³/mol. The summed E-state index contributed by atoms with van der Waals surface area (Å²) in [5.74, 6) is -1.14. The Kier molecular flexibility index (Phi) is 2.91. The minimum atomic E-state index is -0.688. The van der Waals surface area contributed by atoms with Gasteiger partial charge < -0.3 is 11.1 Å². The van der Waals surface area contributed by atoms with Crippen molar-refractivity contribution in [3.8, 4) is 0 Å². The minimum absolute atomic E-state index is 0.236. The third kappa shape index (κ3) is 2.33. The number of pyridine rings is 1. The third-order valence-electron chi connectivity index (χ3n) is 2.26. The zero-order valence-corrected chi connectivity index (χ0v) is 9.17. The lowest BCUT2D eigenvalue weighted by Gasteiger charge is -2.10. The molecule has 0 radical (unpaired) electrons. The van der Waals surface area contributed by atoms with Crippen LogP contribution < -0.4 is 11.1 Å². The Balaban J connectivity index is 2.38. The Morgan fingerprint density at radius 1 is 1.24 bits per heavy atom. The van der Waals surface area contributed by atoms with Crippen LogP contribution in [0.4, 0.5) is 26.0 Å². The molecule has 0 amide bonds. The molecule has 5 heteroatoms. The van der Waals surface area contributed by atoms with E-state index in [9.17, 15) is 8.78 Å². The Morgan fingerprint density at radius 2 is 1.88 bits per heavy atom. The van der Waals surface area contributed by atoms with E-state index in [0.717, 1.165) is 17.7 Å². The molecule has 0 spiro atoms. The predicted octanol–water partition coefficient (Wildman–Crippen LogP) is 2.99. The summed E-state index contributed by atoms with van der Waals surface area (Å²) in [6, 6.07) is 5.29. The highest BCUT2D eigenvalue weighted by molar-refractivity contribution is 5.69. The minimum Gasteiger partial charge on any atom is -0.396 e. The molecule has 1 heterocycles. The van der Waals surface area contributed by atoms with Gasteiger partial charge in [-0.3, -0.25) is 0 Å². The highest BCUT2D eigenvalue weighted by Gasteiger charge is 2.10. The van der Waals surface area contributed by atoms with E-state index >= 15 is 0 Å². The topological polar surface area (TPSA) is 50.9 Å². The van der Waals surface area contributed by atoms with Gasteiger partial charge in [-0.25, -0.2) is 13.8 Å². The van der Waals surface area contributed by atoms with Crippen LogP contribution in [0.5, 0.6) is 0 Å². The maximum atomic E-state index is 13.4. The third-order valence-corrected chi connectivity index (χ3v) is 2.26. The number of halogens is 2. The van der Waals surface area contributed by atoms with E-state index < -0.39 is 11.6 Å². The van der Waals surface area contributed by atoms with Crippen molar-refractivity contribution in [1.82, 2.24) is 4.98 Å². The van der Waals surface area contributed by atoms with Crippen LogP contribution in [-0.2, 0) is 0 Å². The highest BCUT2D eigenvalue weighted by Crippen LogP contribution is 2.25. The second-order valence-corrected chi connectivity index (χ2v) is 3.67. The fourth-order valence-electron chi connectivity index (χ4n) is 1.43. The van der Waals surface area contributed by atoms with Crippen molar-refractivity contribution < 1.29 is 8.78 Å². The van der Waals surface area contributed by atoms with E-state index in [4.69, 9.17) is 5.73 Å². The fourth-order valence-corrected chi connectivity index (χ4v) is 1.43. The number of nitrogens with two attached hydrogens (primary N) is 1. The highest BCUT2D eigenvalue weighted by atomic mass is 19.1. The van der Waals surface area contributed by atoms with Crippen LogP contribution in [-0.4, -0.2) is 4.98 Å². The first-order valence-electron chi connectivity index (χ1n) is 5.01. The average molecular weight is 235 g/mol. The van der Waals surface area contributed by atoms with Crippen molar-refractivity contribution in [1.29, 1.82) is 0 Å². The molecular weight excluding hydrogens is 224 g/mol. The second-order valence-electron chi connectivity index (χ2n) is 3.67. The monoisotopic (exact) mass is 235 g/mol. The number of hydrogen-bond acceptors (Lipinski definition) is 3. The van der Waals surface area contributed by atoms with Crippen molar-refractivity contribution in [3.05, 3.63) is 47.7 Å². The quantitative estimate of drug-likeness (QED) is 0.841. The number of nitrogens with one attached hydrogen (secondary N) is 1. The summed E-state index contributed by atoms with van der Waals surface area (Å²) in [7, 11) is 0. The lowest BCUT2D eigenvalue weighted by atomic mass is 10.2. The first-order chi connectivity index (χ1) is 8.08. The summed E-state index contributed by atoms with van der Waals surface area (Å²) in [6.45, 7) is 1.83. The van der Waals surface area contributed by atoms with Crippen molar-refractivity contribution in [2.24, 2.45) is 0 Å². The molecular formula is C12H11F2N3. The summed E-state index contributed by atoms with van der Waals surface area (Å²) in [5, 5.41) is 2.55. The molecule has 2 rings (SSSR count). The van der Waals surface area contributed by atoms with Crippen LogP contribution in [0, 0.1) is 18.6 Å². The number of hydrogen-bond donors (Lipinski definition) is 2. The van der Waals surface area contributed by atoms with Crippen LogP contribution in [0.15, 0.2) is 30.5 Å². The number of aryl methyl sites for hydroxylation is 1. The van der Waals surface area contributed by atoms with E-state index in [1.807, 2.05) is 6.92 Å². The van der Waals surface area contributed by atoms with Gasteiger partial charge in [-0.2, -0.15) is 0 Å². The standard InChI is InChI=1S/C12H11F2N3/c1-7-5-10(15)12(16-6-7)17-11-8(13)3-2-4-9(11)14/h2-6H,15H2,1H3,(H,16,17). The number of nitrogen functional groups attached to an aromatic ring is 1. The van der Waals surface area contributed by atoms with Gasteiger partial charge in [0.1, 0.15) is 17.3 Å². The zero-order valence-electron chi connectivity index (χ0n) is 9.17. The normalized spacial score (nSPS) is 10.3. The molecule has 0 saturated heterocycles. The van der Waals surface area contributed by atoms with E-state index in [1.165, 1.54) is 6.07 Å². The van der Waals surface area contributed by atoms with Gasteiger partial charge in [0.2, 0.25) is 0 Å². The summed E-state index contributed by atoms with van der Waals surface area (Å²) in [6.07, 6.45) is 1.57. The summed E-state index contributed by atoms with van der Waals surface area (Å²) >= 11 is 0. The van der Waals surface area contributed by atoms with Gasteiger partial charge in [-0.05, 0) is 30.7 Å². The number of benzene rings is 1.